The molecule has 2 rings (SSSR count). The number of aryl methyl sites for hydroxylation is 1. The summed E-state index contributed by atoms with van der Waals surface area (Å²) in [6.45, 7) is 2.43. The molecule has 0 bridgehead atoms. The zero-order chi connectivity index (χ0) is 15.2. The van der Waals surface area contributed by atoms with Crippen LogP contribution in [-0.2, 0) is 6.61 Å². The molecule has 0 amide bonds. The van der Waals surface area contributed by atoms with Crippen LogP contribution in [-0.4, -0.2) is 0 Å². The smallest absolute Gasteiger partial charge is 0.157 e. The number of hydrogen-bond acceptors (Lipinski definition) is 2. The van der Waals surface area contributed by atoms with E-state index in [4.69, 9.17) is 33.2 Å². The molecule has 0 aromatic heterocycles. The Bertz CT molecular complexity index is 677. The van der Waals surface area contributed by atoms with E-state index in [1.54, 1.807) is 18.2 Å². The molecule has 0 spiro atoms. The Morgan fingerprint density at radius 1 is 1.14 bits per heavy atom. The van der Waals surface area contributed by atoms with Crippen molar-refractivity contribution in [3.05, 3.63) is 69.2 Å². The van der Waals surface area contributed by atoms with Crippen LogP contribution in [0.15, 0.2) is 42.5 Å². The summed E-state index contributed by atoms with van der Waals surface area (Å²) in [6, 6.07) is 13.4. The largest absolute Gasteiger partial charge is 0.486 e. The van der Waals surface area contributed by atoms with Gasteiger partial charge in [0.15, 0.2) is 5.75 Å². The van der Waals surface area contributed by atoms with E-state index in [-0.39, 0.29) is 0 Å². The third kappa shape index (κ3) is 4.26. The average molecular weight is 318 g/mol. The molecule has 21 heavy (non-hydrogen) atoms. The first-order valence-corrected chi connectivity index (χ1v) is 7.09. The van der Waals surface area contributed by atoms with E-state index in [1.807, 2.05) is 37.3 Å². The third-order valence-corrected chi connectivity index (χ3v) is 3.44. The van der Waals surface area contributed by atoms with Crippen molar-refractivity contribution >= 4 is 29.3 Å². The lowest BCUT2D eigenvalue weighted by Gasteiger charge is -2.11. The second-order valence-electron chi connectivity index (χ2n) is 4.55. The highest BCUT2D eigenvalue weighted by Gasteiger charge is 2.09. The van der Waals surface area contributed by atoms with Crippen molar-refractivity contribution in [2.45, 2.75) is 13.5 Å². The Morgan fingerprint density at radius 3 is 2.33 bits per heavy atom. The normalized spacial score (nSPS) is 10.6. The van der Waals surface area contributed by atoms with Crippen LogP contribution in [0.5, 0.6) is 5.75 Å². The zero-order valence-corrected chi connectivity index (χ0v) is 12.9. The lowest BCUT2D eigenvalue weighted by Crippen LogP contribution is -1.97. The molecule has 0 heterocycles. The van der Waals surface area contributed by atoms with Gasteiger partial charge in [-0.25, -0.2) is 0 Å². The molecule has 0 unspecified atom stereocenters. The molecule has 0 saturated carbocycles. The lowest BCUT2D eigenvalue weighted by atomic mass is 10.1. The maximum Gasteiger partial charge on any atom is 0.157 e. The first-order chi connectivity index (χ1) is 10.1. The molecule has 0 aliphatic rings. The van der Waals surface area contributed by atoms with Gasteiger partial charge in [-0.05, 0) is 36.3 Å². The fourth-order valence-corrected chi connectivity index (χ4v) is 2.40. The maximum absolute atomic E-state index is 8.52. The van der Waals surface area contributed by atoms with Gasteiger partial charge in [0, 0.05) is 6.08 Å². The van der Waals surface area contributed by atoms with Gasteiger partial charge in [-0.1, -0.05) is 53.0 Å². The predicted molar refractivity (Wildman–Crippen MR) is 86.6 cm³/mol. The van der Waals surface area contributed by atoms with E-state index in [9.17, 15) is 0 Å². The molecule has 106 valence electrons. The van der Waals surface area contributed by atoms with Gasteiger partial charge in [0.2, 0.25) is 0 Å². The highest BCUT2D eigenvalue weighted by atomic mass is 35.5. The summed E-state index contributed by atoms with van der Waals surface area (Å²) in [5.41, 5.74) is 3.00. The number of allylic oxidation sites excluding steroid dienone is 1. The number of benzene rings is 2. The second kappa shape index (κ2) is 7.17. The fraction of sp³-hybridized carbons (Fsp3) is 0.118. The molecule has 0 aliphatic carbocycles. The fourth-order valence-electron chi connectivity index (χ4n) is 1.79. The van der Waals surface area contributed by atoms with E-state index in [0.717, 1.165) is 11.1 Å². The van der Waals surface area contributed by atoms with Crippen molar-refractivity contribution in [2.24, 2.45) is 0 Å². The van der Waals surface area contributed by atoms with Gasteiger partial charge < -0.3 is 4.74 Å². The van der Waals surface area contributed by atoms with E-state index in [0.29, 0.717) is 22.4 Å². The summed E-state index contributed by atoms with van der Waals surface area (Å²) >= 11 is 12.4. The highest BCUT2D eigenvalue weighted by Crippen LogP contribution is 2.35. The molecule has 0 aliphatic heterocycles. The van der Waals surface area contributed by atoms with Crippen molar-refractivity contribution in [1.82, 2.24) is 0 Å². The number of nitriles is 1. The topological polar surface area (TPSA) is 33.0 Å². The molecule has 2 nitrogen and oxygen atoms in total. The van der Waals surface area contributed by atoms with Crippen molar-refractivity contribution in [2.75, 3.05) is 0 Å². The number of halogens is 2. The molecule has 0 fully saturated rings. The van der Waals surface area contributed by atoms with Crippen molar-refractivity contribution < 1.29 is 4.74 Å². The standard InChI is InChI=1S/C17H13Cl2NO/c1-12-4-6-13(7-5-12)11-21-17-15(18)9-14(3-2-8-20)10-16(17)19/h2-7,9-10H,11H2,1H3. The number of ether oxygens (including phenoxy) is 1. The van der Waals surface area contributed by atoms with Gasteiger partial charge in [0.25, 0.3) is 0 Å². The number of rotatable bonds is 4. The van der Waals surface area contributed by atoms with Crippen LogP contribution in [0.2, 0.25) is 10.0 Å². The summed E-state index contributed by atoms with van der Waals surface area (Å²) in [5.74, 6) is 0.452. The van der Waals surface area contributed by atoms with Crippen molar-refractivity contribution in [3.8, 4) is 11.8 Å². The summed E-state index contributed by atoms with van der Waals surface area (Å²) < 4.78 is 5.70. The predicted octanol–water partition coefficient (Wildman–Crippen LogP) is 5.42. The summed E-state index contributed by atoms with van der Waals surface area (Å²) in [7, 11) is 0. The van der Waals surface area contributed by atoms with Gasteiger partial charge in [0.1, 0.15) is 6.61 Å². The summed E-state index contributed by atoms with van der Waals surface area (Å²) in [6.07, 6.45) is 3.01. The minimum Gasteiger partial charge on any atom is -0.486 e. The SMILES string of the molecule is Cc1ccc(COc2c(Cl)cc(C=CC#N)cc2Cl)cc1. The van der Waals surface area contributed by atoms with E-state index >= 15 is 0 Å². The van der Waals surface area contributed by atoms with Crippen LogP contribution >= 0.6 is 23.2 Å². The monoisotopic (exact) mass is 317 g/mol. The van der Waals surface area contributed by atoms with E-state index in [2.05, 4.69) is 0 Å². The van der Waals surface area contributed by atoms with Crippen molar-refractivity contribution in [1.29, 1.82) is 5.26 Å². The van der Waals surface area contributed by atoms with Gasteiger partial charge >= 0.3 is 0 Å². The third-order valence-electron chi connectivity index (χ3n) is 2.87. The number of hydrogen-bond donors (Lipinski definition) is 0. The van der Waals surface area contributed by atoms with Crippen molar-refractivity contribution in [3.63, 3.8) is 0 Å². The van der Waals surface area contributed by atoms with Crippen LogP contribution in [0.3, 0.4) is 0 Å². The van der Waals surface area contributed by atoms with Gasteiger partial charge in [-0.15, -0.1) is 0 Å². The summed E-state index contributed by atoms with van der Waals surface area (Å²) in [5, 5.41) is 9.37. The second-order valence-corrected chi connectivity index (χ2v) is 5.36. The first-order valence-electron chi connectivity index (χ1n) is 6.33. The molecular weight excluding hydrogens is 305 g/mol. The minimum absolute atomic E-state index is 0.396. The Morgan fingerprint density at radius 2 is 1.76 bits per heavy atom. The van der Waals surface area contributed by atoms with Crippen LogP contribution in [0, 0.1) is 18.3 Å². The molecular formula is C17H13Cl2NO. The lowest BCUT2D eigenvalue weighted by molar-refractivity contribution is 0.306. The Balaban J connectivity index is 2.15. The molecule has 2 aromatic rings. The number of nitrogens with zero attached hydrogens (tertiary/aromatic N) is 1. The average Bonchev–Trinajstić information content (AvgIpc) is 2.46. The van der Waals surface area contributed by atoms with Gasteiger partial charge in [0.05, 0.1) is 16.1 Å². The van der Waals surface area contributed by atoms with E-state index in [1.165, 1.54) is 11.6 Å². The molecule has 0 atom stereocenters. The van der Waals surface area contributed by atoms with Crippen LogP contribution in [0.25, 0.3) is 6.08 Å². The molecule has 0 radical (unpaired) electrons. The quantitative estimate of drug-likeness (QED) is 0.705. The first kappa shape index (κ1) is 15.4. The van der Waals surface area contributed by atoms with Gasteiger partial charge in [-0.2, -0.15) is 5.26 Å². The maximum atomic E-state index is 8.52. The zero-order valence-electron chi connectivity index (χ0n) is 11.4. The Hall–Kier alpha value is -1.95. The highest BCUT2D eigenvalue weighted by molar-refractivity contribution is 6.37. The van der Waals surface area contributed by atoms with Crippen LogP contribution < -0.4 is 4.74 Å². The van der Waals surface area contributed by atoms with Crippen LogP contribution in [0.4, 0.5) is 0 Å². The van der Waals surface area contributed by atoms with Gasteiger partial charge in [-0.3, -0.25) is 0 Å². The summed E-state index contributed by atoms with van der Waals surface area (Å²) in [4.78, 5) is 0. The Kier molecular flexibility index (Phi) is 5.27. The Labute approximate surface area is 134 Å². The minimum atomic E-state index is 0.396. The molecule has 2 aromatic carbocycles. The molecule has 0 N–H and O–H groups in total. The molecule has 0 saturated heterocycles. The van der Waals surface area contributed by atoms with E-state index < -0.39 is 0 Å². The van der Waals surface area contributed by atoms with Crippen LogP contribution in [0.1, 0.15) is 16.7 Å². The molecule has 4 heteroatoms.